The molecule has 1 aliphatic heterocycles. The molecule has 0 atom stereocenters. The van der Waals surface area contributed by atoms with E-state index in [9.17, 15) is 0 Å². The van der Waals surface area contributed by atoms with Crippen LogP contribution in [0.5, 0.6) is 0 Å². The first-order valence-corrected chi connectivity index (χ1v) is 3.10. The zero-order chi connectivity index (χ0) is 6.91. The number of allylic oxidation sites excluding steroid dienone is 1. The van der Waals surface area contributed by atoms with Gasteiger partial charge in [-0.2, -0.15) is 5.10 Å². The van der Waals surface area contributed by atoms with Gasteiger partial charge in [-0.15, -0.1) is 0 Å². The molecule has 2 heteroatoms. The van der Waals surface area contributed by atoms with Crippen LogP contribution in [0.1, 0.15) is 20.8 Å². The van der Waals surface area contributed by atoms with Gasteiger partial charge in [0.2, 0.25) is 0 Å². The van der Waals surface area contributed by atoms with Crippen LogP contribution >= 0.6 is 0 Å². The average molecular weight is 124 g/mol. The molecule has 9 heavy (non-hydrogen) atoms. The van der Waals surface area contributed by atoms with Gasteiger partial charge < -0.3 is 0 Å². The molecule has 1 heterocycles. The Labute approximate surface area is 55.6 Å². The van der Waals surface area contributed by atoms with Gasteiger partial charge in [0.05, 0.1) is 0 Å². The highest BCUT2D eigenvalue weighted by Crippen LogP contribution is 2.23. The van der Waals surface area contributed by atoms with Crippen LogP contribution in [0.25, 0.3) is 0 Å². The molecular formula is C7H12N2. The molecule has 0 amide bonds. The third-order valence-electron chi connectivity index (χ3n) is 1.76. The van der Waals surface area contributed by atoms with Crippen molar-refractivity contribution in [3.05, 3.63) is 11.8 Å². The van der Waals surface area contributed by atoms with Crippen molar-refractivity contribution in [3.63, 3.8) is 0 Å². The standard InChI is InChI=1S/C7H12N2/c1-6-4-8-9-5-7(6,2)3/h4-5,8H,1-3H3. The molecule has 50 valence electrons. The Morgan fingerprint density at radius 1 is 1.56 bits per heavy atom. The zero-order valence-corrected chi connectivity index (χ0v) is 6.10. The van der Waals surface area contributed by atoms with Crippen LogP contribution in [0.2, 0.25) is 0 Å². The van der Waals surface area contributed by atoms with Gasteiger partial charge in [-0.05, 0) is 12.5 Å². The predicted octanol–water partition coefficient (Wildman–Crippen LogP) is 1.51. The number of hydrazone groups is 1. The summed E-state index contributed by atoms with van der Waals surface area (Å²) in [5.41, 5.74) is 4.26. The highest BCUT2D eigenvalue weighted by Gasteiger charge is 2.18. The van der Waals surface area contributed by atoms with Crippen LogP contribution in [0, 0.1) is 5.41 Å². The Bertz CT molecular complexity index is 166. The van der Waals surface area contributed by atoms with Gasteiger partial charge >= 0.3 is 0 Å². The Balaban J connectivity index is 2.83. The fourth-order valence-electron chi connectivity index (χ4n) is 0.621. The van der Waals surface area contributed by atoms with Crippen LogP contribution in [0.3, 0.4) is 0 Å². The van der Waals surface area contributed by atoms with E-state index in [-0.39, 0.29) is 5.41 Å². The van der Waals surface area contributed by atoms with Crippen LogP contribution in [0.4, 0.5) is 0 Å². The maximum Gasteiger partial charge on any atom is 0.0344 e. The van der Waals surface area contributed by atoms with Gasteiger partial charge in [0, 0.05) is 17.8 Å². The summed E-state index contributed by atoms with van der Waals surface area (Å²) in [6, 6.07) is 0. The first-order valence-electron chi connectivity index (χ1n) is 3.10. The quantitative estimate of drug-likeness (QED) is 0.520. The maximum absolute atomic E-state index is 3.93. The molecule has 0 aromatic rings. The summed E-state index contributed by atoms with van der Waals surface area (Å²) in [6.07, 6.45) is 3.85. The molecule has 0 unspecified atom stereocenters. The summed E-state index contributed by atoms with van der Waals surface area (Å²) >= 11 is 0. The molecule has 0 bridgehead atoms. The maximum atomic E-state index is 3.93. The molecule has 2 nitrogen and oxygen atoms in total. The largest absolute Gasteiger partial charge is 0.286 e. The lowest BCUT2D eigenvalue weighted by atomic mass is 9.87. The lowest BCUT2D eigenvalue weighted by Crippen LogP contribution is -2.21. The second-order valence-corrected chi connectivity index (χ2v) is 2.94. The molecular weight excluding hydrogens is 112 g/mol. The second-order valence-electron chi connectivity index (χ2n) is 2.94. The van der Waals surface area contributed by atoms with Crippen molar-refractivity contribution in [2.24, 2.45) is 10.5 Å². The molecule has 1 rings (SSSR count). The Morgan fingerprint density at radius 3 is 2.56 bits per heavy atom. The summed E-state index contributed by atoms with van der Waals surface area (Å²) in [6.45, 7) is 6.38. The van der Waals surface area contributed by atoms with Crippen LogP contribution in [-0.4, -0.2) is 6.21 Å². The van der Waals surface area contributed by atoms with Crippen molar-refractivity contribution in [3.8, 4) is 0 Å². The average Bonchev–Trinajstić information content (AvgIpc) is 1.77. The normalized spacial score (nSPS) is 22.8. The summed E-state index contributed by atoms with van der Waals surface area (Å²) < 4.78 is 0. The first kappa shape index (κ1) is 6.33. The van der Waals surface area contributed by atoms with Gasteiger partial charge in [0.25, 0.3) is 0 Å². The Morgan fingerprint density at radius 2 is 2.22 bits per heavy atom. The molecule has 1 N–H and O–H groups in total. The smallest absolute Gasteiger partial charge is 0.0344 e. The van der Waals surface area contributed by atoms with Crippen LogP contribution in [-0.2, 0) is 0 Å². The molecule has 0 fully saturated rings. The highest BCUT2D eigenvalue weighted by atomic mass is 15.3. The minimum absolute atomic E-state index is 0.144. The third kappa shape index (κ3) is 1.12. The molecule has 0 saturated carbocycles. The van der Waals surface area contributed by atoms with E-state index in [1.165, 1.54) is 5.57 Å². The number of nitrogens with zero attached hydrogens (tertiary/aromatic N) is 1. The van der Waals surface area contributed by atoms with Crippen LogP contribution in [0.15, 0.2) is 16.9 Å². The van der Waals surface area contributed by atoms with Gasteiger partial charge in [-0.3, -0.25) is 5.43 Å². The molecule has 0 spiro atoms. The van der Waals surface area contributed by atoms with E-state index < -0.39 is 0 Å². The summed E-state index contributed by atoms with van der Waals surface area (Å²) in [7, 11) is 0. The summed E-state index contributed by atoms with van der Waals surface area (Å²) in [5, 5.41) is 3.93. The Hall–Kier alpha value is -0.790. The molecule has 0 saturated heterocycles. The minimum atomic E-state index is 0.144. The molecule has 0 aliphatic carbocycles. The third-order valence-corrected chi connectivity index (χ3v) is 1.76. The first-order chi connectivity index (χ1) is 4.13. The van der Waals surface area contributed by atoms with E-state index in [4.69, 9.17) is 0 Å². The number of rotatable bonds is 0. The van der Waals surface area contributed by atoms with Gasteiger partial charge in [0.15, 0.2) is 0 Å². The van der Waals surface area contributed by atoms with Crippen molar-refractivity contribution in [2.45, 2.75) is 20.8 Å². The second kappa shape index (κ2) is 1.87. The van der Waals surface area contributed by atoms with Gasteiger partial charge in [-0.1, -0.05) is 13.8 Å². The Kier molecular flexibility index (Phi) is 1.31. The van der Waals surface area contributed by atoms with E-state index in [1.807, 2.05) is 12.4 Å². The van der Waals surface area contributed by atoms with Crippen molar-refractivity contribution in [1.82, 2.24) is 5.43 Å². The fraction of sp³-hybridized carbons (Fsp3) is 0.571. The van der Waals surface area contributed by atoms with E-state index in [2.05, 4.69) is 31.3 Å². The molecule has 0 radical (unpaired) electrons. The molecule has 1 aliphatic rings. The van der Waals surface area contributed by atoms with E-state index >= 15 is 0 Å². The monoisotopic (exact) mass is 124 g/mol. The lowest BCUT2D eigenvalue weighted by Gasteiger charge is -2.22. The van der Waals surface area contributed by atoms with Crippen molar-refractivity contribution in [2.75, 3.05) is 0 Å². The molecule has 0 aromatic carbocycles. The zero-order valence-electron chi connectivity index (χ0n) is 6.10. The number of hydrogen-bond acceptors (Lipinski definition) is 2. The van der Waals surface area contributed by atoms with Crippen LogP contribution < -0.4 is 5.43 Å². The minimum Gasteiger partial charge on any atom is -0.286 e. The topological polar surface area (TPSA) is 24.4 Å². The number of nitrogens with one attached hydrogen (secondary N) is 1. The van der Waals surface area contributed by atoms with E-state index in [0.717, 1.165) is 0 Å². The van der Waals surface area contributed by atoms with Crippen molar-refractivity contribution < 1.29 is 0 Å². The van der Waals surface area contributed by atoms with Crippen molar-refractivity contribution in [1.29, 1.82) is 0 Å². The SMILES string of the molecule is CC1=CNN=CC1(C)C. The highest BCUT2D eigenvalue weighted by molar-refractivity contribution is 5.69. The lowest BCUT2D eigenvalue weighted by molar-refractivity contribution is 0.611. The fourth-order valence-corrected chi connectivity index (χ4v) is 0.621. The van der Waals surface area contributed by atoms with E-state index in [1.54, 1.807) is 0 Å². The van der Waals surface area contributed by atoms with E-state index in [0.29, 0.717) is 0 Å². The summed E-state index contributed by atoms with van der Waals surface area (Å²) in [5.74, 6) is 0. The number of hydrogen-bond donors (Lipinski definition) is 1. The predicted molar refractivity (Wildman–Crippen MR) is 39.2 cm³/mol. The van der Waals surface area contributed by atoms with Crippen molar-refractivity contribution >= 4 is 6.21 Å². The summed E-state index contributed by atoms with van der Waals surface area (Å²) in [4.78, 5) is 0. The van der Waals surface area contributed by atoms with Gasteiger partial charge in [-0.25, -0.2) is 0 Å². The molecule has 0 aromatic heterocycles. The van der Waals surface area contributed by atoms with Gasteiger partial charge in [0.1, 0.15) is 0 Å².